The van der Waals surface area contributed by atoms with Crippen LogP contribution >= 0.6 is 33.9 Å². The Kier molecular flexibility index (Phi) is 2.48. The molecule has 0 atom stereocenters. The van der Waals surface area contributed by atoms with Crippen molar-refractivity contribution in [1.29, 1.82) is 0 Å². The fraction of sp³-hybridized carbons (Fsp3) is 0.125. The molecular formula is C8H5FINOS. The van der Waals surface area contributed by atoms with E-state index in [0.29, 0.717) is 11.1 Å². The highest BCUT2D eigenvalue weighted by molar-refractivity contribution is 14.1. The Morgan fingerprint density at radius 1 is 1.54 bits per heavy atom. The summed E-state index contributed by atoms with van der Waals surface area (Å²) in [5.41, 5.74) is 1.26. The molecule has 68 valence electrons. The number of rotatable bonds is 1. The van der Waals surface area contributed by atoms with E-state index in [0.717, 1.165) is 7.71 Å². The molecule has 0 fully saturated rings. The van der Waals surface area contributed by atoms with Gasteiger partial charge in [-0.05, 0) is 34.7 Å². The molecule has 2 aromatic rings. The molecule has 1 heterocycles. The normalized spacial score (nSPS) is 11.0. The molecule has 13 heavy (non-hydrogen) atoms. The van der Waals surface area contributed by atoms with Crippen molar-refractivity contribution in [3.63, 3.8) is 0 Å². The Hall–Kier alpha value is -0.270. The third kappa shape index (κ3) is 1.68. The first kappa shape index (κ1) is 9.29. The lowest BCUT2D eigenvalue weighted by molar-refractivity contribution is 0.282. The van der Waals surface area contributed by atoms with Crippen LogP contribution in [-0.4, -0.2) is 10.1 Å². The molecule has 0 unspecified atom stereocenters. The van der Waals surface area contributed by atoms with Crippen molar-refractivity contribution in [2.24, 2.45) is 0 Å². The zero-order valence-electron chi connectivity index (χ0n) is 6.42. The van der Waals surface area contributed by atoms with Gasteiger partial charge in [0.1, 0.15) is 5.82 Å². The summed E-state index contributed by atoms with van der Waals surface area (Å²) in [6.07, 6.45) is 0. The number of aromatic nitrogens is 1. The van der Waals surface area contributed by atoms with Crippen LogP contribution in [0, 0.1) is 8.83 Å². The van der Waals surface area contributed by atoms with Gasteiger partial charge in [0.15, 0.2) is 3.01 Å². The SMILES string of the molecule is OCc1cc(F)cc2sc(I)nc12. The highest BCUT2D eigenvalue weighted by atomic mass is 127. The van der Waals surface area contributed by atoms with E-state index in [2.05, 4.69) is 27.6 Å². The van der Waals surface area contributed by atoms with Gasteiger partial charge < -0.3 is 5.11 Å². The van der Waals surface area contributed by atoms with Crippen LogP contribution in [0.5, 0.6) is 0 Å². The second-order valence-electron chi connectivity index (χ2n) is 2.54. The number of hydrogen-bond acceptors (Lipinski definition) is 3. The number of aliphatic hydroxyl groups excluding tert-OH is 1. The lowest BCUT2D eigenvalue weighted by atomic mass is 10.2. The summed E-state index contributed by atoms with van der Waals surface area (Å²) in [4.78, 5) is 4.20. The maximum absolute atomic E-state index is 13.0. The minimum Gasteiger partial charge on any atom is -0.392 e. The van der Waals surface area contributed by atoms with Crippen LogP contribution in [0.25, 0.3) is 10.2 Å². The van der Waals surface area contributed by atoms with Crippen molar-refractivity contribution in [2.75, 3.05) is 0 Å². The Morgan fingerprint density at radius 3 is 3.00 bits per heavy atom. The summed E-state index contributed by atoms with van der Waals surface area (Å²) in [6.45, 7) is -0.173. The maximum Gasteiger partial charge on any atom is 0.155 e. The van der Waals surface area contributed by atoms with Crippen molar-refractivity contribution in [2.45, 2.75) is 6.61 Å². The number of nitrogens with zero attached hydrogens (tertiary/aromatic N) is 1. The second-order valence-corrected chi connectivity index (χ2v) is 5.32. The van der Waals surface area contributed by atoms with Crippen molar-refractivity contribution in [3.8, 4) is 0 Å². The lowest BCUT2D eigenvalue weighted by Crippen LogP contribution is -1.87. The van der Waals surface area contributed by atoms with Gasteiger partial charge in [0.2, 0.25) is 0 Å². The van der Waals surface area contributed by atoms with Gasteiger partial charge in [-0.2, -0.15) is 0 Å². The number of benzene rings is 1. The van der Waals surface area contributed by atoms with Gasteiger partial charge in [0, 0.05) is 5.56 Å². The highest BCUT2D eigenvalue weighted by Gasteiger charge is 2.08. The molecule has 0 amide bonds. The van der Waals surface area contributed by atoms with E-state index in [9.17, 15) is 4.39 Å². The summed E-state index contributed by atoms with van der Waals surface area (Å²) in [5.74, 6) is -0.323. The van der Waals surface area contributed by atoms with E-state index in [1.807, 2.05) is 0 Å². The van der Waals surface area contributed by atoms with E-state index >= 15 is 0 Å². The van der Waals surface area contributed by atoms with Gasteiger partial charge in [-0.25, -0.2) is 9.37 Å². The van der Waals surface area contributed by atoms with Gasteiger partial charge in [0.05, 0.1) is 16.8 Å². The first-order chi connectivity index (χ1) is 6.20. The van der Waals surface area contributed by atoms with Gasteiger partial charge in [-0.15, -0.1) is 11.3 Å². The average molecular weight is 309 g/mol. The largest absolute Gasteiger partial charge is 0.392 e. The van der Waals surface area contributed by atoms with Gasteiger partial charge in [-0.1, -0.05) is 0 Å². The van der Waals surface area contributed by atoms with E-state index < -0.39 is 0 Å². The van der Waals surface area contributed by atoms with Crippen molar-refractivity contribution >= 4 is 44.1 Å². The first-order valence-electron chi connectivity index (χ1n) is 3.56. The molecule has 0 aliphatic carbocycles. The van der Waals surface area contributed by atoms with E-state index in [1.165, 1.54) is 23.5 Å². The summed E-state index contributed by atoms with van der Waals surface area (Å²) >= 11 is 3.50. The number of hydrogen-bond donors (Lipinski definition) is 1. The Morgan fingerprint density at radius 2 is 2.31 bits per heavy atom. The van der Waals surface area contributed by atoms with Crippen molar-refractivity contribution in [3.05, 3.63) is 26.5 Å². The van der Waals surface area contributed by atoms with E-state index in [1.54, 1.807) is 0 Å². The minimum atomic E-state index is -0.323. The molecule has 1 aromatic carbocycles. The Balaban J connectivity index is 2.80. The molecule has 0 aliphatic rings. The summed E-state index contributed by atoms with van der Waals surface area (Å²) < 4.78 is 14.6. The van der Waals surface area contributed by atoms with Gasteiger partial charge in [0.25, 0.3) is 0 Å². The molecule has 1 N–H and O–H groups in total. The van der Waals surface area contributed by atoms with Crippen LogP contribution in [0.15, 0.2) is 12.1 Å². The summed E-state index contributed by atoms with van der Waals surface area (Å²) in [7, 11) is 0. The molecule has 0 aliphatic heterocycles. The van der Waals surface area contributed by atoms with Gasteiger partial charge in [-0.3, -0.25) is 0 Å². The van der Waals surface area contributed by atoms with Crippen LogP contribution in [0.2, 0.25) is 0 Å². The predicted molar refractivity (Wildman–Crippen MR) is 58.2 cm³/mol. The third-order valence-electron chi connectivity index (χ3n) is 1.68. The Bertz CT molecular complexity index is 457. The van der Waals surface area contributed by atoms with Gasteiger partial charge >= 0.3 is 0 Å². The topological polar surface area (TPSA) is 33.1 Å². The molecule has 0 spiro atoms. The molecule has 0 saturated heterocycles. The predicted octanol–water partition coefficient (Wildman–Crippen LogP) is 2.53. The molecule has 0 saturated carbocycles. The van der Waals surface area contributed by atoms with E-state index in [4.69, 9.17) is 5.11 Å². The highest BCUT2D eigenvalue weighted by Crippen LogP contribution is 2.27. The smallest absolute Gasteiger partial charge is 0.155 e. The molecule has 1 aromatic heterocycles. The van der Waals surface area contributed by atoms with Crippen LogP contribution in [0.3, 0.4) is 0 Å². The summed E-state index contributed by atoms with van der Waals surface area (Å²) in [5, 5.41) is 8.96. The number of halogens is 2. The number of thiazole rings is 1. The molecule has 0 bridgehead atoms. The van der Waals surface area contributed by atoms with Crippen molar-refractivity contribution < 1.29 is 9.50 Å². The minimum absolute atomic E-state index is 0.173. The molecule has 2 nitrogen and oxygen atoms in total. The zero-order chi connectivity index (χ0) is 9.42. The Labute approximate surface area is 91.6 Å². The fourth-order valence-corrected chi connectivity index (χ4v) is 2.87. The lowest BCUT2D eigenvalue weighted by Gasteiger charge is -1.96. The van der Waals surface area contributed by atoms with Crippen molar-refractivity contribution in [1.82, 2.24) is 4.98 Å². The quantitative estimate of drug-likeness (QED) is 0.821. The second kappa shape index (κ2) is 3.47. The standard InChI is InChI=1S/C8H5FINOS/c9-5-1-4(3-12)7-6(2-5)13-8(10)11-7/h1-2,12H,3H2. The first-order valence-corrected chi connectivity index (χ1v) is 5.45. The monoisotopic (exact) mass is 309 g/mol. The number of aliphatic hydroxyl groups is 1. The number of fused-ring (bicyclic) bond motifs is 1. The zero-order valence-corrected chi connectivity index (χ0v) is 9.39. The average Bonchev–Trinajstić information content (AvgIpc) is 2.43. The molecule has 5 heteroatoms. The molecular weight excluding hydrogens is 304 g/mol. The molecule has 0 radical (unpaired) electrons. The summed E-state index contributed by atoms with van der Waals surface area (Å²) in [6, 6.07) is 2.76. The van der Waals surface area contributed by atoms with Crippen LogP contribution in [-0.2, 0) is 6.61 Å². The van der Waals surface area contributed by atoms with E-state index in [-0.39, 0.29) is 12.4 Å². The maximum atomic E-state index is 13.0. The van der Waals surface area contributed by atoms with Crippen LogP contribution < -0.4 is 0 Å². The third-order valence-corrected chi connectivity index (χ3v) is 3.38. The fourth-order valence-electron chi connectivity index (χ4n) is 1.15. The van der Waals surface area contributed by atoms with Crippen LogP contribution in [0.1, 0.15) is 5.56 Å². The molecule has 2 rings (SSSR count). The van der Waals surface area contributed by atoms with Crippen LogP contribution in [0.4, 0.5) is 4.39 Å².